The Morgan fingerprint density at radius 3 is 2.83 bits per heavy atom. The van der Waals surface area contributed by atoms with Crippen LogP contribution in [0.25, 0.3) is 22.3 Å². The summed E-state index contributed by atoms with van der Waals surface area (Å²) < 4.78 is 12.1. The van der Waals surface area contributed by atoms with E-state index >= 15 is 0 Å². The van der Waals surface area contributed by atoms with Crippen LogP contribution in [0.3, 0.4) is 0 Å². The highest BCUT2D eigenvalue weighted by Gasteiger charge is 2.45. The molecule has 4 heterocycles. The third kappa shape index (κ3) is 2.25. The molecule has 3 aromatic rings. The summed E-state index contributed by atoms with van der Waals surface area (Å²) in [5.74, 6) is 0.0143. The van der Waals surface area contributed by atoms with Gasteiger partial charge in [-0.3, -0.25) is 9.36 Å². The van der Waals surface area contributed by atoms with E-state index in [4.69, 9.17) is 14.5 Å². The largest absolute Gasteiger partial charge is 0.497 e. The van der Waals surface area contributed by atoms with Gasteiger partial charge in [-0.15, -0.1) is 0 Å². The quantitative estimate of drug-likeness (QED) is 0.675. The molecule has 29 heavy (non-hydrogen) atoms. The number of hydrogen-bond donors (Lipinski definition) is 1. The Morgan fingerprint density at radius 2 is 2.10 bits per heavy atom. The Balaban J connectivity index is 1.81. The Bertz CT molecular complexity index is 1260. The van der Waals surface area contributed by atoms with E-state index in [0.29, 0.717) is 22.5 Å². The van der Waals surface area contributed by atoms with Crippen molar-refractivity contribution in [2.45, 2.75) is 38.5 Å². The number of carbonyl (C=O) groups is 1. The van der Waals surface area contributed by atoms with Crippen LogP contribution in [0.5, 0.6) is 5.75 Å². The number of carbonyl (C=O) groups excluding carboxylic acids is 1. The Hall–Kier alpha value is -3.19. The van der Waals surface area contributed by atoms with E-state index in [-0.39, 0.29) is 24.6 Å². The van der Waals surface area contributed by atoms with Gasteiger partial charge in [0.25, 0.3) is 5.56 Å². The first-order chi connectivity index (χ1) is 13.9. The molecule has 2 aliphatic rings. The van der Waals surface area contributed by atoms with E-state index in [1.54, 1.807) is 24.7 Å². The summed E-state index contributed by atoms with van der Waals surface area (Å²) >= 11 is 0. The van der Waals surface area contributed by atoms with Crippen molar-refractivity contribution in [1.29, 1.82) is 0 Å². The summed E-state index contributed by atoms with van der Waals surface area (Å²) in [6.45, 7) is 3.50. The molecule has 7 heteroatoms. The zero-order chi connectivity index (χ0) is 20.5. The second kappa shape index (κ2) is 5.90. The van der Waals surface area contributed by atoms with E-state index in [2.05, 4.69) is 0 Å². The van der Waals surface area contributed by atoms with Gasteiger partial charge in [0.15, 0.2) is 5.60 Å². The third-order valence-electron chi connectivity index (χ3n) is 6.12. The number of aliphatic hydroxyl groups is 1. The Labute approximate surface area is 166 Å². The summed E-state index contributed by atoms with van der Waals surface area (Å²) in [6, 6.07) is 9.14. The van der Waals surface area contributed by atoms with Gasteiger partial charge in [0, 0.05) is 16.5 Å². The number of cyclic esters (lactones) is 1. The summed E-state index contributed by atoms with van der Waals surface area (Å²) in [7, 11) is 1.61. The number of hydrogen-bond acceptors (Lipinski definition) is 6. The normalized spacial score (nSPS) is 22.1. The molecule has 2 aliphatic heterocycles. The van der Waals surface area contributed by atoms with Gasteiger partial charge in [0.05, 0.1) is 35.6 Å². The fraction of sp³-hybridized carbons (Fsp3) is 0.318. The van der Waals surface area contributed by atoms with Gasteiger partial charge in [-0.05, 0) is 43.7 Å². The highest BCUT2D eigenvalue weighted by molar-refractivity contribution is 5.87. The average Bonchev–Trinajstić information content (AvgIpc) is 3.00. The number of methoxy groups -OCH3 is 1. The van der Waals surface area contributed by atoms with Crippen molar-refractivity contribution in [3.05, 3.63) is 57.4 Å². The number of nitrogens with zero attached hydrogens (tertiary/aromatic N) is 2. The Kier molecular flexibility index (Phi) is 3.64. The maximum absolute atomic E-state index is 13.3. The van der Waals surface area contributed by atoms with Crippen molar-refractivity contribution in [3.8, 4) is 17.1 Å². The summed E-state index contributed by atoms with van der Waals surface area (Å²) in [4.78, 5) is 30.4. The van der Waals surface area contributed by atoms with Crippen LogP contribution in [0, 0.1) is 0 Å². The molecule has 148 valence electrons. The van der Waals surface area contributed by atoms with Crippen molar-refractivity contribution in [3.63, 3.8) is 0 Å². The number of benzene rings is 1. The minimum atomic E-state index is -1.82. The van der Waals surface area contributed by atoms with Crippen molar-refractivity contribution < 1.29 is 19.4 Å². The number of fused-ring (bicyclic) bond motifs is 5. The lowest BCUT2D eigenvalue weighted by Gasteiger charge is -2.32. The third-order valence-corrected chi connectivity index (χ3v) is 6.12. The van der Waals surface area contributed by atoms with Crippen molar-refractivity contribution in [2.24, 2.45) is 0 Å². The average molecular weight is 392 g/mol. The highest BCUT2D eigenvalue weighted by atomic mass is 16.6. The molecule has 0 spiro atoms. The molecule has 2 atom stereocenters. The van der Waals surface area contributed by atoms with Gasteiger partial charge in [-0.1, -0.05) is 6.92 Å². The maximum atomic E-state index is 13.3. The lowest BCUT2D eigenvalue weighted by Crippen LogP contribution is -2.44. The predicted octanol–water partition coefficient (Wildman–Crippen LogP) is 2.65. The molecule has 0 fully saturated rings. The number of pyridine rings is 2. The van der Waals surface area contributed by atoms with Crippen molar-refractivity contribution >= 4 is 16.9 Å². The van der Waals surface area contributed by atoms with Crippen molar-refractivity contribution in [1.82, 2.24) is 9.55 Å². The van der Waals surface area contributed by atoms with Crippen LogP contribution >= 0.6 is 0 Å². The fourth-order valence-corrected chi connectivity index (χ4v) is 4.40. The highest BCUT2D eigenvalue weighted by Crippen LogP contribution is 2.42. The van der Waals surface area contributed by atoms with E-state index in [1.807, 2.05) is 31.2 Å². The smallest absolute Gasteiger partial charge is 0.343 e. The standard InChI is InChI=1S/C22H20N2O5/c1-4-22(27)16-9-18-19-14(8-12-7-13(28-3)5-6-17(12)23-19)11(2)24(18)20(25)15(16)10-29-21(22)26/h5-9,11,27H,4,10H2,1-3H3/t11?,22-/m0/s1. The number of aromatic nitrogens is 2. The first-order valence-electron chi connectivity index (χ1n) is 9.56. The van der Waals surface area contributed by atoms with Gasteiger partial charge in [0.2, 0.25) is 0 Å². The molecule has 1 N–H and O–H groups in total. The molecule has 7 nitrogen and oxygen atoms in total. The lowest BCUT2D eigenvalue weighted by molar-refractivity contribution is -0.172. The van der Waals surface area contributed by atoms with Crippen LogP contribution in [0.2, 0.25) is 0 Å². The van der Waals surface area contributed by atoms with Gasteiger partial charge < -0.3 is 14.6 Å². The molecule has 0 aliphatic carbocycles. The summed E-state index contributed by atoms with van der Waals surface area (Å²) in [5, 5.41) is 11.9. The van der Waals surface area contributed by atoms with E-state index < -0.39 is 11.6 Å². The molecule has 5 rings (SSSR count). The predicted molar refractivity (Wildman–Crippen MR) is 106 cm³/mol. The maximum Gasteiger partial charge on any atom is 0.343 e. The molecule has 0 bridgehead atoms. The molecule has 1 unspecified atom stereocenters. The van der Waals surface area contributed by atoms with E-state index in [9.17, 15) is 14.7 Å². The number of ether oxygens (including phenoxy) is 2. The van der Waals surface area contributed by atoms with Crippen LogP contribution in [-0.4, -0.2) is 27.7 Å². The summed E-state index contributed by atoms with van der Waals surface area (Å²) in [6.07, 6.45) is 0.120. The van der Waals surface area contributed by atoms with Gasteiger partial charge in [-0.25, -0.2) is 9.78 Å². The molecule has 0 amide bonds. The minimum Gasteiger partial charge on any atom is -0.497 e. The topological polar surface area (TPSA) is 90.7 Å². The van der Waals surface area contributed by atoms with Gasteiger partial charge >= 0.3 is 5.97 Å². The second-order valence-corrected chi connectivity index (χ2v) is 7.55. The van der Waals surface area contributed by atoms with Crippen LogP contribution in [-0.2, 0) is 21.7 Å². The zero-order valence-electron chi connectivity index (χ0n) is 16.4. The molecule has 0 saturated heterocycles. The van der Waals surface area contributed by atoms with Gasteiger partial charge in [-0.2, -0.15) is 0 Å². The molecule has 0 saturated carbocycles. The fourth-order valence-electron chi connectivity index (χ4n) is 4.40. The molecular formula is C22H20N2O5. The van der Waals surface area contributed by atoms with E-state index in [0.717, 1.165) is 22.2 Å². The first-order valence-corrected chi connectivity index (χ1v) is 9.56. The molecule has 0 radical (unpaired) electrons. The Morgan fingerprint density at radius 1 is 1.31 bits per heavy atom. The SMILES string of the molecule is CC[C@@]1(O)C(=O)OCc2c1cc1n(c2=O)C(C)c2cc3cc(OC)ccc3nc2-1. The number of esters is 1. The van der Waals surface area contributed by atoms with Crippen molar-refractivity contribution in [2.75, 3.05) is 7.11 Å². The van der Waals surface area contributed by atoms with Crippen LogP contribution < -0.4 is 10.3 Å². The van der Waals surface area contributed by atoms with Crippen LogP contribution in [0.1, 0.15) is 43.0 Å². The lowest BCUT2D eigenvalue weighted by atomic mass is 9.86. The minimum absolute atomic E-state index is 0.120. The van der Waals surface area contributed by atoms with Crippen LogP contribution in [0.4, 0.5) is 0 Å². The first kappa shape index (κ1) is 17.9. The van der Waals surface area contributed by atoms with Crippen LogP contribution in [0.15, 0.2) is 35.1 Å². The monoisotopic (exact) mass is 392 g/mol. The summed E-state index contributed by atoms with van der Waals surface area (Å²) in [5.41, 5.74) is 1.55. The second-order valence-electron chi connectivity index (χ2n) is 7.55. The molecule has 2 aromatic heterocycles. The molecule has 1 aromatic carbocycles. The van der Waals surface area contributed by atoms with E-state index in [1.165, 1.54) is 0 Å². The number of rotatable bonds is 2. The molecular weight excluding hydrogens is 372 g/mol. The van der Waals surface area contributed by atoms with Gasteiger partial charge in [0.1, 0.15) is 12.4 Å². The zero-order valence-corrected chi connectivity index (χ0v) is 16.4.